The molecule has 1 fully saturated rings. The third-order valence-electron chi connectivity index (χ3n) is 4.07. The summed E-state index contributed by atoms with van der Waals surface area (Å²) in [7, 11) is 0. The number of amides is 1. The number of thioether (sulfide) groups is 1. The Morgan fingerprint density at radius 1 is 1.48 bits per heavy atom. The normalized spacial score (nSPS) is 21.8. The van der Waals surface area contributed by atoms with Crippen LogP contribution in [-0.4, -0.2) is 27.9 Å². The molecule has 112 valence electrons. The van der Waals surface area contributed by atoms with Crippen LogP contribution in [-0.2, 0) is 0 Å². The lowest BCUT2D eigenvalue weighted by atomic mass is 10.1. The highest BCUT2D eigenvalue weighted by atomic mass is 32.2. The average Bonchev–Trinajstić information content (AvgIpc) is 3.05. The number of benzene rings is 1. The topological polar surface area (TPSA) is 70.9 Å². The number of H-pyrrole nitrogens is 1. The number of nitrogen functional groups attached to an aromatic ring is 1. The first-order valence-corrected chi connectivity index (χ1v) is 8.51. The van der Waals surface area contributed by atoms with E-state index in [4.69, 9.17) is 5.73 Å². The van der Waals surface area contributed by atoms with Gasteiger partial charge in [-0.1, -0.05) is 6.92 Å². The number of fused-ring (bicyclic) bond motifs is 1. The Labute approximate surface area is 128 Å². The molecule has 0 spiro atoms. The molecule has 1 aromatic carbocycles. The van der Waals surface area contributed by atoms with Gasteiger partial charge in [-0.05, 0) is 43.2 Å². The number of hydrogen-bond donors (Lipinski definition) is 3. The van der Waals surface area contributed by atoms with Crippen LogP contribution in [0.4, 0.5) is 5.69 Å². The fourth-order valence-electron chi connectivity index (χ4n) is 3.05. The lowest BCUT2D eigenvalue weighted by Gasteiger charge is -2.12. The molecular weight excluding hydrogens is 282 g/mol. The number of aromatic nitrogens is 1. The molecule has 0 saturated heterocycles. The Morgan fingerprint density at radius 2 is 2.33 bits per heavy atom. The third kappa shape index (κ3) is 3.02. The van der Waals surface area contributed by atoms with Gasteiger partial charge in [-0.25, -0.2) is 0 Å². The van der Waals surface area contributed by atoms with E-state index in [0.29, 0.717) is 22.5 Å². The van der Waals surface area contributed by atoms with E-state index in [1.54, 1.807) is 6.20 Å². The Morgan fingerprint density at radius 3 is 3.14 bits per heavy atom. The van der Waals surface area contributed by atoms with Crippen LogP contribution < -0.4 is 11.1 Å². The van der Waals surface area contributed by atoms with Crippen LogP contribution >= 0.6 is 11.8 Å². The van der Waals surface area contributed by atoms with E-state index in [1.807, 2.05) is 30.0 Å². The second-order valence-corrected chi connectivity index (χ2v) is 7.15. The number of anilines is 1. The van der Waals surface area contributed by atoms with Gasteiger partial charge in [0.25, 0.3) is 5.91 Å². The number of carbonyl (C=O) groups excluding carboxylic acids is 1. The fourth-order valence-corrected chi connectivity index (χ4v) is 4.19. The van der Waals surface area contributed by atoms with E-state index in [1.165, 1.54) is 6.42 Å². The summed E-state index contributed by atoms with van der Waals surface area (Å²) in [4.78, 5) is 15.6. The van der Waals surface area contributed by atoms with Gasteiger partial charge in [0.05, 0.1) is 5.56 Å². The molecule has 1 aliphatic rings. The lowest BCUT2D eigenvalue weighted by molar-refractivity contribution is 0.0939. The zero-order valence-corrected chi connectivity index (χ0v) is 13.0. The highest BCUT2D eigenvalue weighted by molar-refractivity contribution is 7.99. The van der Waals surface area contributed by atoms with Crippen molar-refractivity contribution in [3.05, 3.63) is 30.0 Å². The van der Waals surface area contributed by atoms with E-state index in [0.717, 1.165) is 29.5 Å². The SMILES string of the molecule is CCSC1CCC(NC(=O)c2c[nH]c3ccc(N)cc23)C1. The number of nitrogens with two attached hydrogens (primary N) is 1. The summed E-state index contributed by atoms with van der Waals surface area (Å²) < 4.78 is 0. The molecule has 4 N–H and O–H groups in total. The van der Waals surface area contributed by atoms with Gasteiger partial charge in [0.2, 0.25) is 0 Å². The largest absolute Gasteiger partial charge is 0.399 e. The van der Waals surface area contributed by atoms with Crippen LogP contribution in [0.25, 0.3) is 10.9 Å². The molecule has 0 aliphatic heterocycles. The average molecular weight is 303 g/mol. The molecule has 2 aromatic rings. The highest BCUT2D eigenvalue weighted by Gasteiger charge is 2.26. The van der Waals surface area contributed by atoms with Crippen LogP contribution in [0.5, 0.6) is 0 Å². The van der Waals surface area contributed by atoms with Crippen LogP contribution in [0.2, 0.25) is 0 Å². The molecule has 4 nitrogen and oxygen atoms in total. The molecule has 3 rings (SSSR count). The summed E-state index contributed by atoms with van der Waals surface area (Å²) in [5, 5.41) is 4.76. The Balaban J connectivity index is 1.71. The van der Waals surface area contributed by atoms with Crippen molar-refractivity contribution in [2.24, 2.45) is 0 Å². The quantitative estimate of drug-likeness (QED) is 0.760. The molecule has 5 heteroatoms. The molecule has 1 heterocycles. The van der Waals surface area contributed by atoms with Crippen molar-refractivity contribution in [1.82, 2.24) is 10.3 Å². The Bertz CT molecular complexity index is 652. The summed E-state index contributed by atoms with van der Waals surface area (Å²) in [5.74, 6) is 1.14. The molecule has 1 aliphatic carbocycles. The summed E-state index contributed by atoms with van der Waals surface area (Å²) >= 11 is 2.00. The van der Waals surface area contributed by atoms with E-state index in [2.05, 4.69) is 17.2 Å². The maximum atomic E-state index is 12.5. The van der Waals surface area contributed by atoms with Gasteiger partial charge < -0.3 is 16.0 Å². The summed E-state index contributed by atoms with van der Waals surface area (Å²) in [6.45, 7) is 2.19. The number of carbonyl (C=O) groups is 1. The minimum atomic E-state index is -0.000927. The van der Waals surface area contributed by atoms with Crippen molar-refractivity contribution in [2.45, 2.75) is 37.5 Å². The van der Waals surface area contributed by atoms with Gasteiger partial charge in [-0.3, -0.25) is 4.79 Å². The van der Waals surface area contributed by atoms with Gasteiger partial charge >= 0.3 is 0 Å². The Hall–Kier alpha value is -1.62. The standard InChI is InChI=1S/C16H21N3OS/c1-2-21-12-5-4-11(8-12)19-16(20)14-9-18-15-6-3-10(17)7-13(14)15/h3,6-7,9,11-12,18H,2,4-5,8,17H2,1H3,(H,19,20). The summed E-state index contributed by atoms with van der Waals surface area (Å²) in [5.41, 5.74) is 8.12. The lowest BCUT2D eigenvalue weighted by Crippen LogP contribution is -2.33. The first kappa shape index (κ1) is 14.3. The van der Waals surface area contributed by atoms with E-state index in [9.17, 15) is 4.79 Å². The molecule has 1 saturated carbocycles. The van der Waals surface area contributed by atoms with Gasteiger partial charge in [0.1, 0.15) is 0 Å². The van der Waals surface area contributed by atoms with Crippen LogP contribution in [0, 0.1) is 0 Å². The van der Waals surface area contributed by atoms with E-state index >= 15 is 0 Å². The zero-order chi connectivity index (χ0) is 14.8. The zero-order valence-electron chi connectivity index (χ0n) is 12.2. The number of aromatic amines is 1. The fraction of sp³-hybridized carbons (Fsp3) is 0.438. The Kier molecular flexibility index (Phi) is 4.10. The molecule has 2 atom stereocenters. The highest BCUT2D eigenvalue weighted by Crippen LogP contribution is 2.30. The van der Waals surface area contributed by atoms with E-state index < -0.39 is 0 Å². The number of hydrogen-bond acceptors (Lipinski definition) is 3. The second-order valence-electron chi connectivity index (χ2n) is 5.57. The summed E-state index contributed by atoms with van der Waals surface area (Å²) in [6.07, 6.45) is 5.12. The van der Waals surface area contributed by atoms with Gasteiger partial charge in [-0.15, -0.1) is 0 Å². The molecule has 2 unspecified atom stereocenters. The van der Waals surface area contributed by atoms with Crippen molar-refractivity contribution in [3.8, 4) is 0 Å². The molecule has 21 heavy (non-hydrogen) atoms. The monoisotopic (exact) mass is 303 g/mol. The smallest absolute Gasteiger partial charge is 0.253 e. The van der Waals surface area contributed by atoms with Crippen LogP contribution in [0.3, 0.4) is 0 Å². The summed E-state index contributed by atoms with van der Waals surface area (Å²) in [6, 6.07) is 5.90. The molecular formula is C16H21N3OS. The van der Waals surface area contributed by atoms with Crippen molar-refractivity contribution in [2.75, 3.05) is 11.5 Å². The maximum Gasteiger partial charge on any atom is 0.253 e. The van der Waals surface area contributed by atoms with Crippen molar-refractivity contribution in [3.63, 3.8) is 0 Å². The number of rotatable bonds is 4. The third-order valence-corrected chi connectivity index (χ3v) is 5.31. The van der Waals surface area contributed by atoms with Crippen molar-refractivity contribution >= 4 is 34.3 Å². The minimum absolute atomic E-state index is 0.000927. The second kappa shape index (κ2) is 6.02. The van der Waals surface area contributed by atoms with Gasteiger partial charge in [0.15, 0.2) is 0 Å². The number of nitrogens with one attached hydrogen (secondary N) is 2. The van der Waals surface area contributed by atoms with Gasteiger partial charge in [-0.2, -0.15) is 11.8 Å². The predicted octanol–water partition coefficient (Wildman–Crippen LogP) is 3.15. The molecule has 0 bridgehead atoms. The maximum absolute atomic E-state index is 12.5. The first-order valence-electron chi connectivity index (χ1n) is 7.46. The van der Waals surface area contributed by atoms with Gasteiger partial charge in [0, 0.05) is 34.1 Å². The molecule has 1 aromatic heterocycles. The van der Waals surface area contributed by atoms with Crippen LogP contribution in [0.1, 0.15) is 36.5 Å². The predicted molar refractivity (Wildman–Crippen MR) is 89.7 cm³/mol. The first-order chi connectivity index (χ1) is 10.2. The van der Waals surface area contributed by atoms with Crippen molar-refractivity contribution < 1.29 is 4.79 Å². The molecule has 0 radical (unpaired) electrons. The van der Waals surface area contributed by atoms with E-state index in [-0.39, 0.29) is 5.91 Å². The van der Waals surface area contributed by atoms with Crippen LogP contribution in [0.15, 0.2) is 24.4 Å². The van der Waals surface area contributed by atoms with Crippen molar-refractivity contribution in [1.29, 1.82) is 0 Å². The minimum Gasteiger partial charge on any atom is -0.399 e. The molecule has 1 amide bonds.